The van der Waals surface area contributed by atoms with E-state index in [1.54, 1.807) is 30.3 Å². The van der Waals surface area contributed by atoms with E-state index in [9.17, 15) is 4.79 Å². The number of aliphatic imine (C=N–C) groups is 1. The molecule has 1 saturated carbocycles. The van der Waals surface area contributed by atoms with Crippen LogP contribution in [0.25, 0.3) is 0 Å². The van der Waals surface area contributed by atoms with E-state index in [1.807, 2.05) is 18.6 Å². The van der Waals surface area contributed by atoms with Gasteiger partial charge in [0.25, 0.3) is 0 Å². The summed E-state index contributed by atoms with van der Waals surface area (Å²) in [7, 11) is 5.57. The highest BCUT2D eigenvalue weighted by Crippen LogP contribution is 2.23. The maximum atomic E-state index is 11.9. The summed E-state index contributed by atoms with van der Waals surface area (Å²) in [6.07, 6.45) is 8.44. The van der Waals surface area contributed by atoms with Gasteiger partial charge in [0.1, 0.15) is 6.54 Å². The molecule has 6 nitrogen and oxygen atoms in total. The van der Waals surface area contributed by atoms with Gasteiger partial charge in [-0.2, -0.15) is 0 Å². The zero-order valence-electron chi connectivity index (χ0n) is 16.6. The minimum absolute atomic E-state index is 0.0170. The predicted octanol–water partition coefficient (Wildman–Crippen LogP) is 2.79. The zero-order chi connectivity index (χ0) is 18.9. The molecule has 2 rings (SSSR count). The Labute approximate surface area is 161 Å². The molecule has 1 aliphatic rings. The smallest absolute Gasteiger partial charge is 0.243 e. The molecule has 1 aromatic rings. The second-order valence-corrected chi connectivity index (χ2v) is 8.39. The maximum Gasteiger partial charge on any atom is 0.243 e. The molecule has 0 aromatic carbocycles. The van der Waals surface area contributed by atoms with E-state index in [-0.39, 0.29) is 12.5 Å². The molecule has 0 bridgehead atoms. The molecule has 1 fully saturated rings. The van der Waals surface area contributed by atoms with Gasteiger partial charge in [0.15, 0.2) is 5.96 Å². The SMILES string of the molecule is CC(CN(C)C(=NCC(=O)N(C)C)NCC1CCCCC1)c1nccs1. The Morgan fingerprint density at radius 1 is 1.35 bits per heavy atom. The Hall–Kier alpha value is -1.63. The van der Waals surface area contributed by atoms with Crippen LogP contribution in [0.1, 0.15) is 50.0 Å². The summed E-state index contributed by atoms with van der Waals surface area (Å²) in [5.74, 6) is 1.87. The Bertz CT molecular complexity index is 566. The minimum atomic E-state index is 0.0170. The molecule has 146 valence electrons. The van der Waals surface area contributed by atoms with Crippen LogP contribution < -0.4 is 5.32 Å². The number of nitrogens with zero attached hydrogens (tertiary/aromatic N) is 4. The summed E-state index contributed by atoms with van der Waals surface area (Å²) < 4.78 is 0. The van der Waals surface area contributed by atoms with Crippen LogP contribution in [0.5, 0.6) is 0 Å². The highest BCUT2D eigenvalue weighted by molar-refractivity contribution is 7.09. The largest absolute Gasteiger partial charge is 0.356 e. The lowest BCUT2D eigenvalue weighted by Gasteiger charge is -2.28. The number of guanidine groups is 1. The first-order valence-electron chi connectivity index (χ1n) is 9.56. The summed E-state index contributed by atoms with van der Waals surface area (Å²) in [6.45, 7) is 4.11. The third-order valence-electron chi connectivity index (χ3n) is 4.92. The van der Waals surface area contributed by atoms with Crippen molar-refractivity contribution in [3.63, 3.8) is 0 Å². The summed E-state index contributed by atoms with van der Waals surface area (Å²) in [5.41, 5.74) is 0. The average Bonchev–Trinajstić information content (AvgIpc) is 3.17. The normalized spacial score (nSPS) is 17.0. The molecule has 1 N–H and O–H groups in total. The van der Waals surface area contributed by atoms with E-state index >= 15 is 0 Å². The number of hydrogen-bond acceptors (Lipinski definition) is 4. The third-order valence-corrected chi connectivity index (χ3v) is 5.93. The van der Waals surface area contributed by atoms with Gasteiger partial charge in [0, 0.05) is 51.7 Å². The number of likely N-dealkylation sites (N-methyl/N-ethyl adjacent to an activating group) is 2. The maximum absolute atomic E-state index is 11.9. The predicted molar refractivity (Wildman–Crippen MR) is 109 cm³/mol. The lowest BCUT2D eigenvalue weighted by molar-refractivity contribution is -0.127. The number of rotatable bonds is 7. The van der Waals surface area contributed by atoms with E-state index in [4.69, 9.17) is 0 Å². The van der Waals surface area contributed by atoms with Gasteiger partial charge >= 0.3 is 0 Å². The molecule has 1 atom stereocenters. The van der Waals surface area contributed by atoms with Crippen molar-refractivity contribution in [2.45, 2.75) is 44.9 Å². The van der Waals surface area contributed by atoms with Crippen molar-refractivity contribution in [2.24, 2.45) is 10.9 Å². The van der Waals surface area contributed by atoms with Crippen LogP contribution in [0.3, 0.4) is 0 Å². The van der Waals surface area contributed by atoms with Gasteiger partial charge in [0.05, 0.1) is 5.01 Å². The van der Waals surface area contributed by atoms with Gasteiger partial charge in [-0.25, -0.2) is 9.98 Å². The number of aromatic nitrogens is 1. The molecular formula is C19H33N5OS. The third kappa shape index (κ3) is 6.59. The van der Waals surface area contributed by atoms with E-state index in [0.717, 1.165) is 24.1 Å². The molecule has 1 aliphatic carbocycles. The van der Waals surface area contributed by atoms with E-state index in [2.05, 4.69) is 27.1 Å². The topological polar surface area (TPSA) is 60.8 Å². The van der Waals surface area contributed by atoms with Crippen molar-refractivity contribution < 1.29 is 4.79 Å². The molecule has 1 aromatic heterocycles. The van der Waals surface area contributed by atoms with E-state index in [0.29, 0.717) is 11.8 Å². The van der Waals surface area contributed by atoms with Crippen LogP contribution in [0.2, 0.25) is 0 Å². The molecule has 1 amide bonds. The number of amides is 1. The van der Waals surface area contributed by atoms with Crippen LogP contribution in [0.15, 0.2) is 16.6 Å². The minimum Gasteiger partial charge on any atom is -0.356 e. The van der Waals surface area contributed by atoms with Gasteiger partial charge in [-0.3, -0.25) is 4.79 Å². The fourth-order valence-electron chi connectivity index (χ4n) is 3.28. The molecule has 0 spiro atoms. The van der Waals surface area contributed by atoms with Crippen LogP contribution >= 0.6 is 11.3 Å². The molecule has 1 unspecified atom stereocenters. The van der Waals surface area contributed by atoms with Crippen molar-refractivity contribution >= 4 is 23.2 Å². The summed E-state index contributed by atoms with van der Waals surface area (Å²) >= 11 is 1.68. The Balaban J connectivity index is 1.97. The Morgan fingerprint density at radius 3 is 2.69 bits per heavy atom. The number of thiazole rings is 1. The summed E-state index contributed by atoms with van der Waals surface area (Å²) in [5, 5.41) is 6.67. The molecule has 0 saturated heterocycles. The number of nitrogens with one attached hydrogen (secondary N) is 1. The van der Waals surface area contributed by atoms with Crippen LogP contribution in [0, 0.1) is 5.92 Å². The van der Waals surface area contributed by atoms with Crippen molar-refractivity contribution in [3.8, 4) is 0 Å². The lowest BCUT2D eigenvalue weighted by Crippen LogP contribution is -2.43. The van der Waals surface area contributed by atoms with Crippen LogP contribution in [-0.4, -0.2) is 67.4 Å². The molecule has 0 aliphatic heterocycles. The number of carbonyl (C=O) groups is 1. The first-order valence-corrected chi connectivity index (χ1v) is 10.4. The van der Waals surface area contributed by atoms with Gasteiger partial charge in [-0.15, -0.1) is 11.3 Å². The van der Waals surface area contributed by atoms with Gasteiger partial charge in [-0.1, -0.05) is 26.2 Å². The van der Waals surface area contributed by atoms with Crippen molar-refractivity contribution in [1.29, 1.82) is 0 Å². The summed E-state index contributed by atoms with van der Waals surface area (Å²) in [4.78, 5) is 24.7. The molecule has 26 heavy (non-hydrogen) atoms. The van der Waals surface area contributed by atoms with Crippen molar-refractivity contribution in [3.05, 3.63) is 16.6 Å². The quantitative estimate of drug-likeness (QED) is 0.585. The van der Waals surface area contributed by atoms with Crippen molar-refractivity contribution in [2.75, 3.05) is 40.8 Å². The standard InChI is InChI=1S/C19H33N5OS/c1-15(18-20-10-11-26-18)14-24(4)19(22-13-17(25)23(2)3)21-12-16-8-6-5-7-9-16/h10-11,15-16H,5-9,12-14H2,1-4H3,(H,21,22). The fourth-order valence-corrected chi connectivity index (χ4v) is 3.97. The van der Waals surface area contributed by atoms with Gasteiger partial charge < -0.3 is 15.1 Å². The average molecular weight is 380 g/mol. The Kier molecular flexibility index (Phi) is 8.35. The molecule has 0 radical (unpaired) electrons. The molecule has 1 heterocycles. The number of hydrogen-bond donors (Lipinski definition) is 1. The molecule has 7 heteroatoms. The Morgan fingerprint density at radius 2 is 2.08 bits per heavy atom. The van der Waals surface area contributed by atoms with Crippen LogP contribution in [-0.2, 0) is 4.79 Å². The van der Waals surface area contributed by atoms with Gasteiger partial charge in [0.2, 0.25) is 5.91 Å². The zero-order valence-corrected chi connectivity index (χ0v) is 17.4. The monoisotopic (exact) mass is 379 g/mol. The van der Waals surface area contributed by atoms with Crippen molar-refractivity contribution in [1.82, 2.24) is 20.1 Å². The number of carbonyl (C=O) groups excluding carboxylic acids is 1. The molecular weight excluding hydrogens is 346 g/mol. The highest BCUT2D eigenvalue weighted by Gasteiger charge is 2.18. The highest BCUT2D eigenvalue weighted by atomic mass is 32.1. The first-order chi connectivity index (χ1) is 12.5. The summed E-state index contributed by atoms with van der Waals surface area (Å²) in [6, 6.07) is 0. The second-order valence-electron chi connectivity index (χ2n) is 7.46. The second kappa shape index (κ2) is 10.5. The first kappa shape index (κ1) is 20.7. The fraction of sp³-hybridized carbons (Fsp3) is 0.737. The van der Waals surface area contributed by atoms with Gasteiger partial charge in [-0.05, 0) is 18.8 Å². The lowest BCUT2D eigenvalue weighted by atomic mass is 9.89. The van der Waals surface area contributed by atoms with E-state index < -0.39 is 0 Å². The van der Waals surface area contributed by atoms with E-state index in [1.165, 1.54) is 32.1 Å². The van der Waals surface area contributed by atoms with Crippen LogP contribution in [0.4, 0.5) is 0 Å².